The molecule has 4 N–H and O–H groups in total. The van der Waals surface area contributed by atoms with E-state index in [9.17, 15) is 14.4 Å². The highest BCUT2D eigenvalue weighted by atomic mass is 16.4. The SMILES string of the molecule is CC(=O)N[C@@H]1C[C@H](NC(C)(C)C)CC[C@@H]1N1CCC(NC(=O)O)C1=O. The summed E-state index contributed by atoms with van der Waals surface area (Å²) in [6.07, 6.45) is 1.74. The smallest absolute Gasteiger partial charge is 0.405 e. The summed E-state index contributed by atoms with van der Waals surface area (Å²) in [5.41, 5.74) is -0.0156. The molecule has 25 heavy (non-hydrogen) atoms. The van der Waals surface area contributed by atoms with Crippen LogP contribution in [0.5, 0.6) is 0 Å². The van der Waals surface area contributed by atoms with Gasteiger partial charge in [-0.15, -0.1) is 0 Å². The molecule has 1 unspecified atom stereocenters. The number of rotatable bonds is 4. The van der Waals surface area contributed by atoms with Crippen molar-refractivity contribution < 1.29 is 19.5 Å². The minimum Gasteiger partial charge on any atom is -0.465 e. The van der Waals surface area contributed by atoms with Crippen LogP contribution >= 0.6 is 0 Å². The minimum absolute atomic E-state index is 0.0156. The van der Waals surface area contributed by atoms with Crippen molar-refractivity contribution in [3.05, 3.63) is 0 Å². The summed E-state index contributed by atoms with van der Waals surface area (Å²) in [7, 11) is 0. The number of carbonyl (C=O) groups is 3. The van der Waals surface area contributed by atoms with Crippen molar-refractivity contribution in [1.82, 2.24) is 20.9 Å². The lowest BCUT2D eigenvalue weighted by Gasteiger charge is -2.43. The average molecular weight is 354 g/mol. The number of amides is 3. The van der Waals surface area contributed by atoms with Gasteiger partial charge in [-0.3, -0.25) is 9.59 Å². The van der Waals surface area contributed by atoms with Crippen LogP contribution < -0.4 is 16.0 Å². The molecule has 1 heterocycles. The number of hydrogen-bond acceptors (Lipinski definition) is 4. The molecule has 3 amide bonds. The van der Waals surface area contributed by atoms with Crippen molar-refractivity contribution in [2.24, 2.45) is 0 Å². The Morgan fingerprint density at radius 2 is 1.84 bits per heavy atom. The molecule has 0 aromatic rings. The number of carbonyl (C=O) groups excluding carboxylic acids is 2. The van der Waals surface area contributed by atoms with Gasteiger partial charge in [0.05, 0.1) is 12.1 Å². The van der Waals surface area contributed by atoms with Crippen LogP contribution in [0.3, 0.4) is 0 Å². The van der Waals surface area contributed by atoms with Crippen LogP contribution in [0.4, 0.5) is 4.79 Å². The molecule has 8 nitrogen and oxygen atoms in total. The fraction of sp³-hybridized carbons (Fsp3) is 0.824. The lowest BCUT2D eigenvalue weighted by molar-refractivity contribution is -0.133. The standard InChI is InChI=1S/C17H30N4O4/c1-10(22)18-13-9-11(20-17(2,3)4)5-6-14(13)21-8-7-12(15(21)23)19-16(24)25/h11-14,19-20H,5-9H2,1-4H3,(H,18,22)(H,24,25)/t11-,12?,13-,14+/m1/s1. The molecular formula is C17H30N4O4. The summed E-state index contributed by atoms with van der Waals surface area (Å²) < 4.78 is 0. The van der Waals surface area contributed by atoms with E-state index < -0.39 is 12.1 Å². The van der Waals surface area contributed by atoms with Crippen LogP contribution in [0, 0.1) is 0 Å². The van der Waals surface area contributed by atoms with E-state index in [-0.39, 0.29) is 35.5 Å². The molecule has 0 aromatic carbocycles. The minimum atomic E-state index is -1.18. The predicted octanol–water partition coefficient (Wildman–Crippen LogP) is 0.669. The van der Waals surface area contributed by atoms with Crippen molar-refractivity contribution in [1.29, 1.82) is 0 Å². The van der Waals surface area contributed by atoms with Gasteiger partial charge in [-0.05, 0) is 46.5 Å². The number of carboxylic acid groups (broad SMARTS) is 1. The maximum absolute atomic E-state index is 12.6. The van der Waals surface area contributed by atoms with Crippen LogP contribution in [0.2, 0.25) is 0 Å². The highest BCUT2D eigenvalue weighted by molar-refractivity contribution is 5.87. The van der Waals surface area contributed by atoms with Gasteiger partial charge in [-0.2, -0.15) is 0 Å². The molecule has 2 rings (SSSR count). The van der Waals surface area contributed by atoms with Crippen LogP contribution in [0.1, 0.15) is 53.4 Å². The molecule has 8 heteroatoms. The molecular weight excluding hydrogens is 324 g/mol. The summed E-state index contributed by atoms with van der Waals surface area (Å²) in [5.74, 6) is -0.303. The molecule has 142 valence electrons. The summed E-state index contributed by atoms with van der Waals surface area (Å²) in [6, 6.07) is -0.617. The van der Waals surface area contributed by atoms with Gasteiger partial charge in [0.15, 0.2) is 0 Å². The van der Waals surface area contributed by atoms with Gasteiger partial charge >= 0.3 is 6.09 Å². The Bertz CT molecular complexity index is 531. The van der Waals surface area contributed by atoms with Gasteiger partial charge < -0.3 is 26.0 Å². The van der Waals surface area contributed by atoms with E-state index in [2.05, 4.69) is 36.7 Å². The normalized spacial score (nSPS) is 30.2. The van der Waals surface area contributed by atoms with Gasteiger partial charge in [0.2, 0.25) is 11.8 Å². The highest BCUT2D eigenvalue weighted by Gasteiger charge is 2.42. The average Bonchev–Trinajstić information content (AvgIpc) is 2.77. The Labute approximate surface area is 148 Å². The summed E-state index contributed by atoms with van der Waals surface area (Å²) in [5, 5.41) is 17.7. The molecule has 0 radical (unpaired) electrons. The van der Waals surface area contributed by atoms with E-state index >= 15 is 0 Å². The van der Waals surface area contributed by atoms with Gasteiger partial charge in [-0.1, -0.05) is 0 Å². The third-order valence-electron chi connectivity index (χ3n) is 4.78. The largest absolute Gasteiger partial charge is 0.465 e. The third kappa shape index (κ3) is 5.32. The van der Waals surface area contributed by atoms with Crippen molar-refractivity contribution in [3.63, 3.8) is 0 Å². The molecule has 1 saturated heterocycles. The zero-order valence-electron chi connectivity index (χ0n) is 15.5. The highest BCUT2D eigenvalue weighted by Crippen LogP contribution is 2.28. The van der Waals surface area contributed by atoms with E-state index in [1.807, 2.05) is 0 Å². The van der Waals surface area contributed by atoms with Crippen LogP contribution in [0.15, 0.2) is 0 Å². The van der Waals surface area contributed by atoms with Crippen LogP contribution in [0.25, 0.3) is 0 Å². The monoisotopic (exact) mass is 354 g/mol. The van der Waals surface area contributed by atoms with Crippen LogP contribution in [-0.2, 0) is 9.59 Å². The molecule has 2 fully saturated rings. The zero-order valence-corrected chi connectivity index (χ0v) is 15.5. The fourth-order valence-corrected chi connectivity index (χ4v) is 4.00. The molecule has 1 saturated carbocycles. The molecule has 0 spiro atoms. The van der Waals surface area contributed by atoms with E-state index in [0.29, 0.717) is 13.0 Å². The number of hydrogen-bond donors (Lipinski definition) is 4. The van der Waals surface area contributed by atoms with Crippen molar-refractivity contribution in [3.8, 4) is 0 Å². The predicted molar refractivity (Wildman–Crippen MR) is 93.2 cm³/mol. The summed E-state index contributed by atoms with van der Waals surface area (Å²) in [6.45, 7) is 8.33. The Morgan fingerprint density at radius 1 is 1.16 bits per heavy atom. The molecule has 1 aliphatic carbocycles. The number of nitrogens with one attached hydrogen (secondary N) is 3. The Hall–Kier alpha value is -1.83. The second kappa shape index (κ2) is 7.59. The maximum atomic E-state index is 12.6. The van der Waals surface area contributed by atoms with E-state index in [1.165, 1.54) is 6.92 Å². The first kappa shape index (κ1) is 19.5. The van der Waals surface area contributed by atoms with E-state index in [4.69, 9.17) is 5.11 Å². The molecule has 4 atom stereocenters. The molecule has 0 aromatic heterocycles. The lowest BCUT2D eigenvalue weighted by atomic mass is 9.84. The quantitative estimate of drug-likeness (QED) is 0.593. The topological polar surface area (TPSA) is 111 Å². The first-order valence-electron chi connectivity index (χ1n) is 8.91. The van der Waals surface area contributed by atoms with E-state index in [0.717, 1.165) is 19.3 Å². The number of nitrogens with zero attached hydrogens (tertiary/aromatic N) is 1. The molecule has 2 aliphatic rings. The fourth-order valence-electron chi connectivity index (χ4n) is 4.00. The van der Waals surface area contributed by atoms with Gasteiger partial charge in [-0.25, -0.2) is 4.79 Å². The Kier molecular flexibility index (Phi) is 5.92. The summed E-state index contributed by atoms with van der Waals surface area (Å²) >= 11 is 0. The maximum Gasteiger partial charge on any atom is 0.405 e. The first-order valence-corrected chi connectivity index (χ1v) is 8.91. The Balaban J connectivity index is 2.07. The molecule has 0 bridgehead atoms. The third-order valence-corrected chi connectivity index (χ3v) is 4.78. The van der Waals surface area contributed by atoms with Crippen molar-refractivity contribution >= 4 is 17.9 Å². The van der Waals surface area contributed by atoms with Crippen molar-refractivity contribution in [2.45, 2.75) is 83.1 Å². The van der Waals surface area contributed by atoms with Gasteiger partial charge in [0, 0.05) is 25.0 Å². The lowest BCUT2D eigenvalue weighted by Crippen LogP contribution is -2.59. The second-order valence-corrected chi connectivity index (χ2v) is 8.10. The Morgan fingerprint density at radius 3 is 2.40 bits per heavy atom. The van der Waals surface area contributed by atoms with Gasteiger partial charge in [0.1, 0.15) is 6.04 Å². The number of likely N-dealkylation sites (tertiary alicyclic amines) is 1. The molecule has 1 aliphatic heterocycles. The first-order chi connectivity index (χ1) is 11.6. The zero-order chi connectivity index (χ0) is 18.8. The van der Waals surface area contributed by atoms with E-state index in [1.54, 1.807) is 4.90 Å². The van der Waals surface area contributed by atoms with Gasteiger partial charge in [0.25, 0.3) is 0 Å². The van der Waals surface area contributed by atoms with Crippen molar-refractivity contribution in [2.75, 3.05) is 6.54 Å². The summed E-state index contributed by atoms with van der Waals surface area (Å²) in [4.78, 5) is 36.8. The van der Waals surface area contributed by atoms with Crippen LogP contribution in [-0.4, -0.2) is 64.2 Å². The second-order valence-electron chi connectivity index (χ2n) is 8.10.